The van der Waals surface area contributed by atoms with Crippen molar-refractivity contribution in [2.75, 3.05) is 13.1 Å². The number of likely N-dealkylation sites (N-methyl/N-ethyl adjacent to an activating group) is 1. The van der Waals surface area contributed by atoms with Crippen molar-refractivity contribution in [1.29, 1.82) is 0 Å². The maximum absolute atomic E-state index is 12.0. The molecule has 0 aromatic heterocycles. The van der Waals surface area contributed by atoms with Crippen LogP contribution in [0.25, 0.3) is 0 Å². The van der Waals surface area contributed by atoms with Gasteiger partial charge in [0.2, 0.25) is 5.91 Å². The second-order valence-corrected chi connectivity index (χ2v) is 5.86. The number of carbonyl (C=O) groups excluding carboxylic acids is 1. The molecule has 1 aliphatic heterocycles. The average molecular weight is 290 g/mol. The summed E-state index contributed by atoms with van der Waals surface area (Å²) in [6, 6.07) is 8.23. The molecule has 1 fully saturated rings. The number of nitrogens with one attached hydrogen (secondary N) is 2. The van der Waals surface area contributed by atoms with E-state index in [9.17, 15) is 4.79 Å². The van der Waals surface area contributed by atoms with E-state index in [0.717, 1.165) is 25.1 Å². The fourth-order valence-electron chi connectivity index (χ4n) is 2.81. The van der Waals surface area contributed by atoms with Crippen molar-refractivity contribution in [3.63, 3.8) is 0 Å². The normalized spacial score (nSPS) is 22.1. The molecule has 0 spiro atoms. The first kappa shape index (κ1) is 15.8. The van der Waals surface area contributed by atoms with Crippen LogP contribution in [0, 0.1) is 0 Å². The molecular weight excluding hydrogens is 264 g/mol. The Morgan fingerprint density at radius 2 is 2.10 bits per heavy atom. The molecule has 4 heteroatoms. The van der Waals surface area contributed by atoms with Gasteiger partial charge in [-0.05, 0) is 63.8 Å². The Morgan fingerprint density at radius 3 is 2.71 bits per heavy atom. The van der Waals surface area contributed by atoms with Crippen molar-refractivity contribution in [2.45, 2.75) is 51.7 Å². The van der Waals surface area contributed by atoms with Gasteiger partial charge < -0.3 is 15.4 Å². The molecule has 2 unspecified atom stereocenters. The number of amides is 1. The smallest absolute Gasteiger partial charge is 0.237 e. The van der Waals surface area contributed by atoms with Crippen molar-refractivity contribution < 1.29 is 9.53 Å². The van der Waals surface area contributed by atoms with Gasteiger partial charge in [-0.25, -0.2) is 0 Å². The largest absolute Gasteiger partial charge is 0.491 e. The minimum absolute atomic E-state index is 0.0738. The van der Waals surface area contributed by atoms with Crippen molar-refractivity contribution >= 4 is 5.91 Å². The van der Waals surface area contributed by atoms with Crippen LogP contribution in [0.15, 0.2) is 24.3 Å². The molecule has 2 N–H and O–H groups in total. The molecule has 4 nitrogen and oxygen atoms in total. The Kier molecular flexibility index (Phi) is 5.62. The zero-order chi connectivity index (χ0) is 15.2. The first-order chi connectivity index (χ1) is 10.1. The molecule has 1 aromatic rings. The number of hydrogen-bond donors (Lipinski definition) is 2. The second kappa shape index (κ2) is 7.46. The van der Waals surface area contributed by atoms with E-state index in [1.807, 2.05) is 32.9 Å². The van der Waals surface area contributed by atoms with Crippen LogP contribution in [0.5, 0.6) is 5.75 Å². The van der Waals surface area contributed by atoms with Gasteiger partial charge in [-0.2, -0.15) is 0 Å². The Morgan fingerprint density at radius 1 is 1.38 bits per heavy atom. The molecule has 116 valence electrons. The molecule has 21 heavy (non-hydrogen) atoms. The second-order valence-electron chi connectivity index (χ2n) is 5.86. The van der Waals surface area contributed by atoms with Crippen LogP contribution < -0.4 is 15.4 Å². The van der Waals surface area contributed by atoms with Gasteiger partial charge in [0, 0.05) is 6.54 Å². The minimum atomic E-state index is -0.0738. The highest BCUT2D eigenvalue weighted by Gasteiger charge is 2.27. The molecule has 0 radical (unpaired) electrons. The number of benzene rings is 1. The van der Waals surface area contributed by atoms with Crippen LogP contribution in [-0.2, 0) is 4.79 Å². The Balaban J connectivity index is 1.99. The summed E-state index contributed by atoms with van der Waals surface area (Å²) in [6.45, 7) is 7.57. The molecule has 1 heterocycles. The van der Waals surface area contributed by atoms with Gasteiger partial charge in [0.05, 0.1) is 12.1 Å². The molecule has 1 aromatic carbocycles. The average Bonchev–Trinajstić information content (AvgIpc) is 2.48. The Labute approximate surface area is 127 Å². The van der Waals surface area contributed by atoms with Crippen LogP contribution in [-0.4, -0.2) is 31.1 Å². The molecule has 0 saturated carbocycles. The first-order valence-electron chi connectivity index (χ1n) is 7.88. The fourth-order valence-corrected chi connectivity index (χ4v) is 2.81. The summed E-state index contributed by atoms with van der Waals surface area (Å²) in [4.78, 5) is 12.0. The summed E-state index contributed by atoms with van der Waals surface area (Å²) in [5.74, 6) is 1.46. The molecular formula is C17H26N2O2. The molecule has 1 aliphatic rings. The summed E-state index contributed by atoms with van der Waals surface area (Å²) < 4.78 is 5.67. The quantitative estimate of drug-likeness (QED) is 0.876. The van der Waals surface area contributed by atoms with Gasteiger partial charge in [0.25, 0.3) is 0 Å². The summed E-state index contributed by atoms with van der Waals surface area (Å²) in [5.41, 5.74) is 1.29. The highest BCUT2D eigenvalue weighted by molar-refractivity contribution is 5.81. The maximum atomic E-state index is 12.0. The Bertz CT molecular complexity index is 456. The minimum Gasteiger partial charge on any atom is -0.491 e. The molecule has 1 saturated heterocycles. The third kappa shape index (κ3) is 4.46. The van der Waals surface area contributed by atoms with Gasteiger partial charge in [0.1, 0.15) is 5.75 Å². The lowest BCUT2D eigenvalue weighted by molar-refractivity contribution is -0.123. The molecule has 1 amide bonds. The van der Waals surface area contributed by atoms with E-state index in [1.165, 1.54) is 5.56 Å². The van der Waals surface area contributed by atoms with E-state index in [1.54, 1.807) is 0 Å². The van der Waals surface area contributed by atoms with E-state index in [2.05, 4.69) is 22.8 Å². The summed E-state index contributed by atoms with van der Waals surface area (Å²) >= 11 is 0. The monoisotopic (exact) mass is 290 g/mol. The fraction of sp³-hybridized carbons (Fsp3) is 0.588. The highest BCUT2D eigenvalue weighted by Crippen LogP contribution is 2.29. The van der Waals surface area contributed by atoms with Crippen molar-refractivity contribution in [1.82, 2.24) is 10.6 Å². The summed E-state index contributed by atoms with van der Waals surface area (Å²) in [5, 5.41) is 6.20. The van der Waals surface area contributed by atoms with Crippen LogP contribution in [0.3, 0.4) is 0 Å². The topological polar surface area (TPSA) is 50.4 Å². The zero-order valence-corrected chi connectivity index (χ0v) is 13.2. The van der Waals surface area contributed by atoms with Crippen LogP contribution in [0.2, 0.25) is 0 Å². The lowest BCUT2D eigenvalue weighted by atomic mass is 9.86. The first-order valence-corrected chi connectivity index (χ1v) is 7.88. The van der Waals surface area contributed by atoms with E-state index in [0.29, 0.717) is 12.5 Å². The van der Waals surface area contributed by atoms with Gasteiger partial charge in [0.15, 0.2) is 0 Å². The number of carbonyl (C=O) groups is 1. The number of hydrogen-bond acceptors (Lipinski definition) is 3. The SMILES string of the molecule is CCNC(=O)C1CC(c2ccc(OC(C)C)cc2)CCN1. The highest BCUT2D eigenvalue weighted by atomic mass is 16.5. The number of ether oxygens (including phenoxy) is 1. The van der Waals surface area contributed by atoms with Crippen molar-refractivity contribution in [3.8, 4) is 5.75 Å². The van der Waals surface area contributed by atoms with Gasteiger partial charge >= 0.3 is 0 Å². The standard InChI is InChI=1S/C17H26N2O2/c1-4-18-17(20)16-11-14(9-10-19-16)13-5-7-15(8-6-13)21-12(2)3/h5-8,12,14,16,19H,4,9-11H2,1-3H3,(H,18,20). The molecule has 0 bridgehead atoms. The van der Waals surface area contributed by atoms with Crippen molar-refractivity contribution in [3.05, 3.63) is 29.8 Å². The summed E-state index contributed by atoms with van der Waals surface area (Å²) in [7, 11) is 0. The van der Waals surface area contributed by atoms with Gasteiger partial charge in [-0.3, -0.25) is 4.79 Å². The third-order valence-corrected chi connectivity index (χ3v) is 3.79. The molecule has 2 rings (SSSR count). The zero-order valence-electron chi connectivity index (χ0n) is 13.2. The van der Waals surface area contributed by atoms with E-state index >= 15 is 0 Å². The van der Waals surface area contributed by atoms with Crippen LogP contribution >= 0.6 is 0 Å². The van der Waals surface area contributed by atoms with Crippen LogP contribution in [0.4, 0.5) is 0 Å². The molecule has 2 atom stereocenters. The van der Waals surface area contributed by atoms with E-state index < -0.39 is 0 Å². The van der Waals surface area contributed by atoms with Gasteiger partial charge in [-0.1, -0.05) is 12.1 Å². The van der Waals surface area contributed by atoms with Gasteiger partial charge in [-0.15, -0.1) is 0 Å². The third-order valence-electron chi connectivity index (χ3n) is 3.79. The van der Waals surface area contributed by atoms with Crippen molar-refractivity contribution in [2.24, 2.45) is 0 Å². The number of rotatable bonds is 5. The molecule has 0 aliphatic carbocycles. The lowest BCUT2D eigenvalue weighted by Crippen LogP contribution is -2.48. The predicted octanol–water partition coefficient (Wildman–Crippen LogP) is 2.45. The van der Waals surface area contributed by atoms with E-state index in [4.69, 9.17) is 4.74 Å². The van der Waals surface area contributed by atoms with E-state index in [-0.39, 0.29) is 18.1 Å². The van der Waals surface area contributed by atoms with Crippen LogP contribution in [0.1, 0.15) is 45.1 Å². The predicted molar refractivity (Wildman–Crippen MR) is 84.7 cm³/mol. The number of piperidine rings is 1. The maximum Gasteiger partial charge on any atom is 0.237 e. The lowest BCUT2D eigenvalue weighted by Gasteiger charge is -2.30. The Hall–Kier alpha value is -1.55. The summed E-state index contributed by atoms with van der Waals surface area (Å²) in [6.07, 6.45) is 2.12.